The van der Waals surface area contributed by atoms with Crippen LogP contribution >= 0.6 is 11.9 Å². The van der Waals surface area contributed by atoms with Crippen molar-refractivity contribution in [2.45, 2.75) is 18.0 Å². The summed E-state index contributed by atoms with van der Waals surface area (Å²) in [7, 11) is 0. The van der Waals surface area contributed by atoms with Gasteiger partial charge in [0.05, 0.1) is 53.4 Å². The first-order valence-corrected chi connectivity index (χ1v) is 12.8. The van der Waals surface area contributed by atoms with Gasteiger partial charge < -0.3 is 24.5 Å². The highest BCUT2D eigenvalue weighted by Gasteiger charge is 2.24. The quantitative estimate of drug-likeness (QED) is 0.243. The lowest BCUT2D eigenvalue weighted by molar-refractivity contribution is 0.779. The third-order valence-corrected chi connectivity index (χ3v) is 7.42. The Kier molecular flexibility index (Phi) is 6.33. The van der Waals surface area contributed by atoms with Gasteiger partial charge in [0, 0.05) is 36.7 Å². The number of imidazole rings is 2. The van der Waals surface area contributed by atoms with Gasteiger partial charge in [-0.25, -0.2) is 9.97 Å². The van der Waals surface area contributed by atoms with Gasteiger partial charge in [-0.05, 0) is 41.8 Å². The molecule has 36 heavy (non-hydrogen) atoms. The van der Waals surface area contributed by atoms with E-state index in [1.807, 2.05) is 12.4 Å². The van der Waals surface area contributed by atoms with Gasteiger partial charge >= 0.3 is 0 Å². The normalized spacial score (nSPS) is 13.3. The van der Waals surface area contributed by atoms with Crippen LogP contribution in [0.15, 0.2) is 103 Å². The lowest BCUT2D eigenvalue weighted by Crippen LogP contribution is -2.30. The van der Waals surface area contributed by atoms with Crippen molar-refractivity contribution in [1.82, 2.24) is 19.9 Å². The van der Waals surface area contributed by atoms with Gasteiger partial charge in [0.1, 0.15) is 0 Å². The van der Waals surface area contributed by atoms with E-state index < -0.39 is 0 Å². The van der Waals surface area contributed by atoms with Gasteiger partial charge in [0.25, 0.3) is 0 Å². The minimum atomic E-state index is 0.672. The highest BCUT2D eigenvalue weighted by atomic mass is 32.2. The summed E-state index contributed by atoms with van der Waals surface area (Å²) in [5.41, 5.74) is 7.98. The average Bonchev–Trinajstić information content (AvgIpc) is 3.61. The summed E-state index contributed by atoms with van der Waals surface area (Å²) in [6, 6.07) is 25.9. The zero-order valence-electron chi connectivity index (χ0n) is 19.8. The fraction of sp³-hybridized carbons (Fsp3) is 0.143. The van der Waals surface area contributed by atoms with Crippen LogP contribution in [0.4, 0.5) is 17.1 Å². The molecule has 3 N–H and O–H groups in total. The maximum absolute atomic E-state index is 4.49. The third-order valence-electron chi connectivity index (χ3n) is 6.27. The van der Waals surface area contributed by atoms with Gasteiger partial charge in [-0.15, -0.1) is 0 Å². The van der Waals surface area contributed by atoms with Crippen LogP contribution in [0.5, 0.6) is 0 Å². The van der Waals surface area contributed by atoms with Crippen molar-refractivity contribution in [3.05, 3.63) is 109 Å². The van der Waals surface area contributed by atoms with E-state index in [0.29, 0.717) is 6.54 Å². The van der Waals surface area contributed by atoms with Crippen molar-refractivity contribution >= 4 is 29.0 Å². The fourth-order valence-corrected chi connectivity index (χ4v) is 5.57. The van der Waals surface area contributed by atoms with Crippen LogP contribution in [0, 0.1) is 0 Å². The number of para-hydroxylation sites is 1. The molecule has 2 aromatic heterocycles. The minimum absolute atomic E-state index is 0.672. The molecule has 3 heterocycles. The summed E-state index contributed by atoms with van der Waals surface area (Å²) in [6.45, 7) is 3.17. The molecule has 0 spiro atoms. The molecule has 0 unspecified atom stereocenters. The second kappa shape index (κ2) is 10.2. The predicted molar refractivity (Wildman–Crippen MR) is 147 cm³/mol. The number of nitrogens with one attached hydrogen (secondary N) is 3. The van der Waals surface area contributed by atoms with Crippen LogP contribution < -0.4 is 14.5 Å². The first-order valence-electron chi connectivity index (χ1n) is 12.0. The van der Waals surface area contributed by atoms with Gasteiger partial charge in [-0.1, -0.05) is 48.5 Å². The van der Waals surface area contributed by atoms with Crippen LogP contribution in [0.25, 0.3) is 11.1 Å². The monoisotopic (exact) mass is 493 g/mol. The lowest BCUT2D eigenvalue weighted by Gasteiger charge is -2.25. The zero-order chi connectivity index (χ0) is 24.2. The van der Waals surface area contributed by atoms with Crippen molar-refractivity contribution in [3.63, 3.8) is 0 Å². The number of anilines is 3. The molecule has 0 aliphatic carbocycles. The SMILES string of the molecule is c1ccc(-c2ccccc2N2CCN(Cc3c[nH]cn3)c3cc(NCc4c[nH]cn4)ccc3S2)cc1. The average molecular weight is 494 g/mol. The summed E-state index contributed by atoms with van der Waals surface area (Å²) in [5.74, 6) is 0. The maximum Gasteiger partial charge on any atom is 0.0923 e. The highest BCUT2D eigenvalue weighted by molar-refractivity contribution is 8.00. The number of nitrogens with zero attached hydrogens (tertiary/aromatic N) is 4. The molecule has 3 aromatic carbocycles. The molecule has 0 saturated carbocycles. The van der Waals surface area contributed by atoms with Crippen LogP contribution in [0.3, 0.4) is 0 Å². The second-order valence-electron chi connectivity index (χ2n) is 8.66. The largest absolute Gasteiger partial charge is 0.379 e. The molecule has 0 radical (unpaired) electrons. The van der Waals surface area contributed by atoms with Gasteiger partial charge in [-0.3, -0.25) is 0 Å². The van der Waals surface area contributed by atoms with Crippen LogP contribution in [0.1, 0.15) is 11.4 Å². The lowest BCUT2D eigenvalue weighted by atomic mass is 10.0. The summed E-state index contributed by atoms with van der Waals surface area (Å²) < 4.78 is 2.42. The molecular formula is C28H27N7S. The molecule has 0 fully saturated rings. The molecule has 0 amide bonds. The number of hydrogen-bond acceptors (Lipinski definition) is 6. The summed E-state index contributed by atoms with van der Waals surface area (Å²) >= 11 is 1.80. The minimum Gasteiger partial charge on any atom is -0.379 e. The van der Waals surface area contributed by atoms with Crippen molar-refractivity contribution < 1.29 is 0 Å². The van der Waals surface area contributed by atoms with E-state index in [9.17, 15) is 0 Å². The first-order chi connectivity index (χ1) is 17.8. The van der Waals surface area contributed by atoms with Crippen molar-refractivity contribution in [3.8, 4) is 11.1 Å². The topological polar surface area (TPSA) is 75.9 Å². The number of aromatic nitrogens is 4. The number of rotatable bonds is 7. The molecule has 5 aromatic rings. The molecule has 0 bridgehead atoms. The Morgan fingerprint density at radius 1 is 0.806 bits per heavy atom. The molecular weight excluding hydrogens is 466 g/mol. The molecule has 6 rings (SSSR count). The second-order valence-corrected chi connectivity index (χ2v) is 9.72. The maximum atomic E-state index is 4.49. The Balaban J connectivity index is 1.33. The van der Waals surface area contributed by atoms with Crippen LogP contribution in [0.2, 0.25) is 0 Å². The summed E-state index contributed by atoms with van der Waals surface area (Å²) in [5, 5.41) is 3.52. The summed E-state index contributed by atoms with van der Waals surface area (Å²) in [4.78, 5) is 18.6. The van der Waals surface area contributed by atoms with Gasteiger partial charge in [0.2, 0.25) is 0 Å². The van der Waals surface area contributed by atoms with E-state index in [-0.39, 0.29) is 0 Å². The van der Waals surface area contributed by atoms with Gasteiger partial charge in [0.15, 0.2) is 0 Å². The Bertz CT molecular complexity index is 1400. The smallest absolute Gasteiger partial charge is 0.0923 e. The number of H-pyrrole nitrogens is 2. The van der Waals surface area contributed by atoms with Gasteiger partial charge in [-0.2, -0.15) is 0 Å². The number of benzene rings is 3. The van der Waals surface area contributed by atoms with E-state index in [1.165, 1.54) is 27.4 Å². The standard InChI is InChI=1S/C28H27N7S/c1-2-6-21(7-3-1)25-8-4-5-9-26(25)35-13-12-34(18-24-16-30-20-33-24)27-14-22(10-11-28(27)36-35)31-17-23-15-29-19-32-23/h1-11,14-16,19-20,31H,12-13,17-18H2,(H,29,32)(H,30,33). The molecule has 180 valence electrons. The van der Waals surface area contributed by atoms with Crippen LogP contribution in [-0.2, 0) is 13.1 Å². The van der Waals surface area contributed by atoms with E-state index in [2.05, 4.69) is 107 Å². The molecule has 8 heteroatoms. The highest BCUT2D eigenvalue weighted by Crippen LogP contribution is 2.42. The molecule has 0 saturated heterocycles. The number of hydrogen-bond donors (Lipinski definition) is 3. The summed E-state index contributed by atoms with van der Waals surface area (Å²) in [6.07, 6.45) is 7.34. The Labute approximate surface area is 214 Å². The zero-order valence-corrected chi connectivity index (χ0v) is 20.6. The third kappa shape index (κ3) is 4.81. The first kappa shape index (κ1) is 22.3. The Morgan fingerprint density at radius 2 is 1.58 bits per heavy atom. The Hall–Kier alpha value is -4.17. The van der Waals surface area contributed by atoms with E-state index in [0.717, 1.165) is 36.7 Å². The van der Waals surface area contributed by atoms with E-state index in [1.54, 1.807) is 24.6 Å². The molecule has 1 aliphatic heterocycles. The molecule has 1 aliphatic rings. The van der Waals surface area contributed by atoms with Crippen molar-refractivity contribution in [1.29, 1.82) is 0 Å². The Morgan fingerprint density at radius 3 is 2.39 bits per heavy atom. The number of aromatic amines is 2. The molecule has 0 atom stereocenters. The van der Waals surface area contributed by atoms with Crippen molar-refractivity contribution in [2.75, 3.05) is 27.6 Å². The van der Waals surface area contributed by atoms with Crippen LogP contribution in [-0.4, -0.2) is 33.0 Å². The number of fused-ring (bicyclic) bond motifs is 1. The van der Waals surface area contributed by atoms with E-state index in [4.69, 9.17) is 0 Å². The van der Waals surface area contributed by atoms with Crippen molar-refractivity contribution in [2.24, 2.45) is 0 Å². The van der Waals surface area contributed by atoms with E-state index >= 15 is 0 Å². The predicted octanol–water partition coefficient (Wildman–Crippen LogP) is 5.95. The fourth-order valence-electron chi connectivity index (χ4n) is 4.49. The molecule has 7 nitrogen and oxygen atoms in total.